The number of ether oxygens (including phenoxy) is 3. The van der Waals surface area contributed by atoms with Gasteiger partial charge in [0.15, 0.2) is 0 Å². The Morgan fingerprint density at radius 2 is 1.29 bits per heavy atom. The number of hydrogen-bond acceptors (Lipinski definition) is 8. The average molecular weight is 916 g/mol. The summed E-state index contributed by atoms with van der Waals surface area (Å²) >= 11 is 0. The highest BCUT2D eigenvalue weighted by Gasteiger charge is 2.67. The molecule has 0 radical (unpaired) electrons. The van der Waals surface area contributed by atoms with E-state index in [-0.39, 0.29) is 70.4 Å². The molecular weight excluding hydrogens is 836 g/mol. The largest absolute Gasteiger partial charge is 0.463 e. The molecule has 12 heteroatoms. The molecule has 4 saturated carbocycles. The SMILES string of the molecule is CCCCCCCCN(CCCCCCCC)C(=O)CC[C@@H](C)[C@H]1CC[C@H]2[C@@H]3[C@H](OC(=O)c4ccc(C(=O)C(F)(F)F)cc4)C[C@@H]4C[C@H](OC(C)=O)CC[C@]4(C)[C@H]3C[C@H](OC(C)=O)[C@]12C. The molecule has 0 saturated heterocycles. The number of Topliss-reactive ketones (excluding diaryl/α,β-unsaturated/α-hetero) is 1. The Hall–Kier alpha value is -3.44. The number of nitrogens with zero attached hydrogens (tertiary/aromatic N) is 1. The first-order valence-electron chi connectivity index (χ1n) is 25.4. The van der Waals surface area contributed by atoms with E-state index in [1.54, 1.807) is 0 Å². The van der Waals surface area contributed by atoms with Gasteiger partial charge in [0.2, 0.25) is 5.91 Å². The minimum Gasteiger partial charge on any atom is -0.463 e. The maximum absolute atomic E-state index is 14.1. The molecule has 0 aliphatic heterocycles. The molecular formula is C53H80F3NO8. The lowest BCUT2D eigenvalue weighted by atomic mass is 9.43. The zero-order chi connectivity index (χ0) is 47.5. The first kappa shape index (κ1) is 52.5. The quantitative estimate of drug-likeness (QED) is 0.0461. The lowest BCUT2D eigenvalue weighted by Crippen LogP contribution is -2.63. The van der Waals surface area contributed by atoms with Gasteiger partial charge in [-0.05, 0) is 111 Å². The second-order valence-electron chi connectivity index (χ2n) is 20.9. The smallest absolute Gasteiger partial charge is 0.454 e. The van der Waals surface area contributed by atoms with Gasteiger partial charge in [-0.25, -0.2) is 4.79 Å². The van der Waals surface area contributed by atoms with Gasteiger partial charge < -0.3 is 19.1 Å². The topological polar surface area (TPSA) is 116 Å². The number of unbranched alkanes of at least 4 members (excludes halogenated alkanes) is 10. The molecule has 1 aromatic carbocycles. The van der Waals surface area contributed by atoms with Crippen LogP contribution in [0.2, 0.25) is 0 Å². The Kier molecular flexibility index (Phi) is 19.0. The van der Waals surface area contributed by atoms with E-state index in [1.807, 2.05) is 0 Å². The average Bonchev–Trinajstić information content (AvgIpc) is 3.62. The maximum atomic E-state index is 14.1. The van der Waals surface area contributed by atoms with Gasteiger partial charge in [0.05, 0.1) is 5.56 Å². The van der Waals surface area contributed by atoms with Gasteiger partial charge in [0, 0.05) is 50.3 Å². The van der Waals surface area contributed by atoms with E-state index in [9.17, 15) is 37.1 Å². The Morgan fingerprint density at radius 1 is 0.723 bits per heavy atom. The molecule has 11 atom stereocenters. The molecule has 0 aromatic heterocycles. The number of esters is 3. The van der Waals surface area contributed by atoms with E-state index in [0.29, 0.717) is 32.1 Å². The molecule has 366 valence electrons. The van der Waals surface area contributed by atoms with E-state index in [2.05, 4.69) is 39.5 Å². The molecule has 5 rings (SSSR count). The fourth-order valence-electron chi connectivity index (χ4n) is 13.3. The second kappa shape index (κ2) is 23.5. The third-order valence-electron chi connectivity index (χ3n) is 16.7. The molecule has 0 spiro atoms. The van der Waals surface area contributed by atoms with Gasteiger partial charge >= 0.3 is 24.1 Å². The van der Waals surface area contributed by atoms with Crippen LogP contribution in [0.5, 0.6) is 0 Å². The first-order chi connectivity index (χ1) is 30.8. The van der Waals surface area contributed by atoms with Crippen molar-refractivity contribution in [3.05, 3.63) is 35.4 Å². The Bertz CT molecular complexity index is 1730. The highest BCUT2D eigenvalue weighted by atomic mass is 19.4. The summed E-state index contributed by atoms with van der Waals surface area (Å²) in [7, 11) is 0. The van der Waals surface area contributed by atoms with Crippen molar-refractivity contribution in [2.24, 2.45) is 46.3 Å². The minimum atomic E-state index is -5.04. The van der Waals surface area contributed by atoms with E-state index < -0.39 is 41.1 Å². The lowest BCUT2D eigenvalue weighted by Gasteiger charge is -2.64. The van der Waals surface area contributed by atoms with Crippen LogP contribution in [0.1, 0.15) is 204 Å². The number of carbonyl (C=O) groups is 5. The highest BCUT2D eigenvalue weighted by molar-refractivity contribution is 6.01. The van der Waals surface area contributed by atoms with Crippen molar-refractivity contribution < 1.29 is 51.4 Å². The number of fused-ring (bicyclic) bond motifs is 5. The van der Waals surface area contributed by atoms with Crippen LogP contribution in [0, 0.1) is 46.3 Å². The number of rotatable bonds is 23. The van der Waals surface area contributed by atoms with Crippen LogP contribution in [0.4, 0.5) is 13.2 Å². The van der Waals surface area contributed by atoms with Crippen molar-refractivity contribution in [2.45, 2.75) is 208 Å². The molecule has 1 amide bonds. The van der Waals surface area contributed by atoms with Crippen molar-refractivity contribution in [2.75, 3.05) is 13.1 Å². The first-order valence-corrected chi connectivity index (χ1v) is 25.4. The van der Waals surface area contributed by atoms with Crippen LogP contribution < -0.4 is 0 Å². The van der Waals surface area contributed by atoms with Gasteiger partial charge in [-0.15, -0.1) is 0 Å². The molecule has 0 unspecified atom stereocenters. The fourth-order valence-corrected chi connectivity index (χ4v) is 13.3. The van der Waals surface area contributed by atoms with E-state index >= 15 is 0 Å². The summed E-state index contributed by atoms with van der Waals surface area (Å²) in [5.41, 5.74) is -1.21. The lowest BCUT2D eigenvalue weighted by molar-refractivity contribution is -0.218. The third kappa shape index (κ3) is 13.0. The Morgan fingerprint density at radius 3 is 1.86 bits per heavy atom. The van der Waals surface area contributed by atoms with Crippen molar-refractivity contribution >= 4 is 29.6 Å². The molecule has 4 aliphatic carbocycles. The van der Waals surface area contributed by atoms with Gasteiger partial charge in [-0.3, -0.25) is 19.2 Å². The van der Waals surface area contributed by atoms with E-state index in [1.165, 1.54) is 77.3 Å². The standard InChI is InChI=1S/C53H80F3NO8/c1-8-10-12-14-16-18-30-57(31-19-17-15-13-11-9-2)47(60)27-20-35(3)42-25-26-43-48-44(34-46(52(42,43)7)64-37(5)59)51(6)29-28-41(63-36(4)58)32-40(51)33-45(48)65-50(62)39-23-21-38(22-24-39)49(61)53(54,55)56/h21-24,35,40-46,48H,8-20,25-34H2,1-7H3/t35-,40+,41-,42-,43+,44+,45-,46+,48+,51+,52-/m1/s1. The summed E-state index contributed by atoms with van der Waals surface area (Å²) in [6, 6.07) is 4.44. The molecule has 1 aromatic rings. The number of benzene rings is 1. The number of hydrogen-bond donors (Lipinski definition) is 0. The highest BCUT2D eigenvalue weighted by Crippen LogP contribution is 2.69. The van der Waals surface area contributed by atoms with Crippen LogP contribution in [-0.2, 0) is 28.6 Å². The number of ketones is 1. The van der Waals surface area contributed by atoms with Crippen LogP contribution in [-0.4, -0.2) is 72.1 Å². The van der Waals surface area contributed by atoms with Crippen LogP contribution in [0.25, 0.3) is 0 Å². The fraction of sp³-hybridized carbons (Fsp3) is 0.792. The second-order valence-corrected chi connectivity index (χ2v) is 20.9. The van der Waals surface area contributed by atoms with Crippen LogP contribution in [0.15, 0.2) is 24.3 Å². The van der Waals surface area contributed by atoms with Gasteiger partial charge in [-0.1, -0.05) is 111 Å². The summed E-state index contributed by atoms with van der Waals surface area (Å²) in [4.78, 5) is 67.2. The Labute approximate surface area is 387 Å². The molecule has 9 nitrogen and oxygen atoms in total. The summed E-state index contributed by atoms with van der Waals surface area (Å²) < 4.78 is 58.2. The maximum Gasteiger partial charge on any atom is 0.454 e. The molecule has 0 heterocycles. The Balaban J connectivity index is 1.38. The molecule has 0 bridgehead atoms. The molecule has 65 heavy (non-hydrogen) atoms. The monoisotopic (exact) mass is 916 g/mol. The summed E-state index contributed by atoms with van der Waals surface area (Å²) in [5.74, 6) is -2.90. The van der Waals surface area contributed by atoms with Crippen molar-refractivity contribution in [1.29, 1.82) is 0 Å². The van der Waals surface area contributed by atoms with E-state index in [0.717, 1.165) is 76.6 Å². The number of amides is 1. The van der Waals surface area contributed by atoms with Gasteiger partial charge in [-0.2, -0.15) is 13.2 Å². The summed E-state index contributed by atoms with van der Waals surface area (Å²) in [5, 5.41) is 0. The van der Waals surface area contributed by atoms with Crippen LogP contribution in [0.3, 0.4) is 0 Å². The van der Waals surface area contributed by atoms with Crippen molar-refractivity contribution in [1.82, 2.24) is 4.90 Å². The predicted octanol–water partition coefficient (Wildman–Crippen LogP) is 12.7. The van der Waals surface area contributed by atoms with Crippen molar-refractivity contribution in [3.63, 3.8) is 0 Å². The molecule has 4 aliphatic rings. The molecule has 0 N–H and O–H groups in total. The zero-order valence-electron chi connectivity index (χ0n) is 40.6. The zero-order valence-corrected chi connectivity index (χ0v) is 40.6. The predicted molar refractivity (Wildman–Crippen MR) is 245 cm³/mol. The van der Waals surface area contributed by atoms with Crippen LogP contribution >= 0.6 is 0 Å². The normalized spacial score (nSPS) is 30.0. The number of carbonyl (C=O) groups excluding carboxylic acids is 5. The summed E-state index contributed by atoms with van der Waals surface area (Å²) in [6.07, 6.45) is 13.9. The van der Waals surface area contributed by atoms with Gasteiger partial charge in [0.1, 0.15) is 18.3 Å². The van der Waals surface area contributed by atoms with E-state index in [4.69, 9.17) is 14.2 Å². The summed E-state index contributed by atoms with van der Waals surface area (Å²) in [6.45, 7) is 15.7. The van der Waals surface area contributed by atoms with Gasteiger partial charge in [0.25, 0.3) is 5.78 Å². The van der Waals surface area contributed by atoms with Crippen molar-refractivity contribution in [3.8, 4) is 0 Å². The molecule has 4 fully saturated rings. The minimum absolute atomic E-state index is 0.000302. The third-order valence-corrected chi connectivity index (χ3v) is 16.7. The number of halogens is 3. The number of alkyl halides is 3.